The summed E-state index contributed by atoms with van der Waals surface area (Å²) in [6, 6.07) is 0. The van der Waals surface area contributed by atoms with Crippen molar-refractivity contribution in [2.75, 3.05) is 0 Å². The van der Waals surface area contributed by atoms with Crippen LogP contribution in [0.15, 0.2) is 20.1 Å². The molecular weight excluding hydrogens is 288 g/mol. The normalized spacial score (nSPS) is 19.3. The van der Waals surface area contributed by atoms with Gasteiger partial charge in [-0.05, 0) is 45.7 Å². The van der Waals surface area contributed by atoms with Crippen LogP contribution in [-0.4, -0.2) is 11.6 Å². The average molecular weight is 294 g/mol. The summed E-state index contributed by atoms with van der Waals surface area (Å²) in [6.07, 6.45) is 0. The molecule has 1 aliphatic carbocycles. The molecule has 12 heavy (non-hydrogen) atoms. The standard InChI is InChI=1S/C8H6Br2O2/c1-3-4(2)8(12)6(10)5(9)7(3)11/h1-2H3. The van der Waals surface area contributed by atoms with E-state index in [2.05, 4.69) is 31.9 Å². The van der Waals surface area contributed by atoms with Gasteiger partial charge in [-0.15, -0.1) is 0 Å². The predicted octanol–water partition coefficient (Wildman–Crippen LogP) is 2.48. The molecular formula is C8H6Br2O2. The number of allylic oxidation sites excluding steroid dienone is 4. The topological polar surface area (TPSA) is 34.1 Å². The van der Waals surface area contributed by atoms with E-state index in [4.69, 9.17) is 0 Å². The van der Waals surface area contributed by atoms with Crippen molar-refractivity contribution in [3.8, 4) is 0 Å². The minimum atomic E-state index is -0.126. The highest BCUT2D eigenvalue weighted by molar-refractivity contribution is 9.14. The first-order chi connectivity index (χ1) is 5.46. The number of hydrogen-bond donors (Lipinski definition) is 0. The number of rotatable bonds is 0. The molecule has 0 aliphatic heterocycles. The van der Waals surface area contributed by atoms with Gasteiger partial charge in [0.25, 0.3) is 0 Å². The zero-order valence-electron chi connectivity index (χ0n) is 6.57. The monoisotopic (exact) mass is 292 g/mol. The van der Waals surface area contributed by atoms with Gasteiger partial charge in [-0.2, -0.15) is 0 Å². The number of ketones is 2. The summed E-state index contributed by atoms with van der Waals surface area (Å²) in [5, 5.41) is 0. The van der Waals surface area contributed by atoms with Gasteiger partial charge in [0.1, 0.15) is 0 Å². The fraction of sp³-hybridized carbons (Fsp3) is 0.250. The highest BCUT2D eigenvalue weighted by Crippen LogP contribution is 2.30. The molecule has 0 spiro atoms. The van der Waals surface area contributed by atoms with E-state index in [0.717, 1.165) is 0 Å². The summed E-state index contributed by atoms with van der Waals surface area (Å²) in [7, 11) is 0. The number of carbonyl (C=O) groups excluding carboxylic acids is 2. The van der Waals surface area contributed by atoms with E-state index in [1.165, 1.54) is 0 Å². The third-order valence-corrected chi connectivity index (χ3v) is 3.88. The van der Waals surface area contributed by atoms with Crippen molar-refractivity contribution < 1.29 is 9.59 Å². The van der Waals surface area contributed by atoms with Crippen molar-refractivity contribution in [2.24, 2.45) is 0 Å². The second kappa shape index (κ2) is 3.26. The van der Waals surface area contributed by atoms with Crippen molar-refractivity contribution in [1.29, 1.82) is 0 Å². The SMILES string of the molecule is CC1=C(C)C(=O)C(Br)=C(Br)C1=O. The number of Topliss-reactive ketones (excluding diaryl/α,β-unsaturated/α-hetero) is 2. The smallest absolute Gasteiger partial charge is 0.197 e. The van der Waals surface area contributed by atoms with Crippen LogP contribution in [0.5, 0.6) is 0 Å². The van der Waals surface area contributed by atoms with Gasteiger partial charge in [-0.3, -0.25) is 9.59 Å². The molecule has 0 radical (unpaired) electrons. The van der Waals surface area contributed by atoms with Crippen LogP contribution < -0.4 is 0 Å². The summed E-state index contributed by atoms with van der Waals surface area (Å²) >= 11 is 6.11. The van der Waals surface area contributed by atoms with Crippen molar-refractivity contribution in [1.82, 2.24) is 0 Å². The van der Waals surface area contributed by atoms with Gasteiger partial charge < -0.3 is 0 Å². The zero-order valence-corrected chi connectivity index (χ0v) is 9.74. The fourth-order valence-corrected chi connectivity index (χ4v) is 1.82. The quantitative estimate of drug-likeness (QED) is 0.643. The van der Waals surface area contributed by atoms with E-state index in [-0.39, 0.29) is 11.6 Å². The second-order valence-corrected chi connectivity index (χ2v) is 4.12. The first-order valence-corrected chi connectivity index (χ1v) is 4.87. The Morgan fingerprint density at radius 1 is 0.833 bits per heavy atom. The molecule has 64 valence electrons. The molecule has 0 amide bonds. The lowest BCUT2D eigenvalue weighted by Gasteiger charge is -2.12. The predicted molar refractivity (Wildman–Crippen MR) is 53.3 cm³/mol. The fourth-order valence-electron chi connectivity index (χ4n) is 0.869. The lowest BCUT2D eigenvalue weighted by Crippen LogP contribution is -2.16. The molecule has 0 unspecified atom stereocenters. The summed E-state index contributed by atoms with van der Waals surface area (Å²) in [6.45, 7) is 3.30. The van der Waals surface area contributed by atoms with Crippen molar-refractivity contribution in [3.63, 3.8) is 0 Å². The number of carbonyl (C=O) groups is 2. The van der Waals surface area contributed by atoms with Crippen LogP contribution in [0.3, 0.4) is 0 Å². The third kappa shape index (κ3) is 1.33. The van der Waals surface area contributed by atoms with E-state index in [9.17, 15) is 9.59 Å². The van der Waals surface area contributed by atoms with Crippen LogP contribution in [0, 0.1) is 0 Å². The van der Waals surface area contributed by atoms with Crippen LogP contribution in [0.25, 0.3) is 0 Å². The van der Waals surface area contributed by atoms with E-state index in [1.54, 1.807) is 13.8 Å². The molecule has 0 saturated heterocycles. The van der Waals surface area contributed by atoms with Gasteiger partial charge in [0.2, 0.25) is 0 Å². The minimum absolute atomic E-state index is 0.126. The molecule has 0 atom stereocenters. The number of halogens is 2. The van der Waals surface area contributed by atoms with E-state index >= 15 is 0 Å². The Morgan fingerprint density at radius 2 is 1.08 bits per heavy atom. The van der Waals surface area contributed by atoms with Gasteiger partial charge in [0.15, 0.2) is 11.6 Å². The third-order valence-electron chi connectivity index (χ3n) is 1.84. The van der Waals surface area contributed by atoms with Crippen LogP contribution >= 0.6 is 31.9 Å². The maximum Gasteiger partial charge on any atom is 0.197 e. The van der Waals surface area contributed by atoms with Crippen molar-refractivity contribution in [2.45, 2.75) is 13.8 Å². The van der Waals surface area contributed by atoms with Crippen LogP contribution in [-0.2, 0) is 9.59 Å². The summed E-state index contributed by atoms with van der Waals surface area (Å²) in [5.41, 5.74) is 1.02. The summed E-state index contributed by atoms with van der Waals surface area (Å²) < 4.78 is 0.631. The highest BCUT2D eigenvalue weighted by Gasteiger charge is 2.27. The van der Waals surface area contributed by atoms with Gasteiger partial charge in [0, 0.05) is 11.1 Å². The molecule has 0 aromatic carbocycles. The average Bonchev–Trinajstić information content (AvgIpc) is 2.08. The molecule has 0 saturated carbocycles. The Bertz CT molecular complexity index is 275. The summed E-state index contributed by atoms with van der Waals surface area (Å²) in [5.74, 6) is -0.252. The molecule has 2 nitrogen and oxygen atoms in total. The molecule has 0 heterocycles. The Morgan fingerprint density at radius 3 is 1.33 bits per heavy atom. The Labute approximate surface area is 87.0 Å². The Balaban J connectivity index is 3.32. The Kier molecular flexibility index (Phi) is 2.68. The van der Waals surface area contributed by atoms with Gasteiger partial charge in [0.05, 0.1) is 8.96 Å². The van der Waals surface area contributed by atoms with Gasteiger partial charge in [-0.1, -0.05) is 0 Å². The maximum absolute atomic E-state index is 11.3. The van der Waals surface area contributed by atoms with Crippen LogP contribution in [0.4, 0.5) is 0 Å². The first kappa shape index (κ1) is 9.86. The van der Waals surface area contributed by atoms with Gasteiger partial charge in [-0.25, -0.2) is 0 Å². The maximum atomic E-state index is 11.3. The van der Waals surface area contributed by atoms with E-state index in [0.29, 0.717) is 20.1 Å². The largest absolute Gasteiger partial charge is 0.288 e. The molecule has 4 heteroatoms. The van der Waals surface area contributed by atoms with Crippen molar-refractivity contribution >= 4 is 43.4 Å². The van der Waals surface area contributed by atoms with Gasteiger partial charge >= 0.3 is 0 Å². The molecule has 1 aliphatic rings. The molecule has 0 aromatic rings. The lowest BCUT2D eigenvalue weighted by molar-refractivity contribution is -0.115. The number of hydrogen-bond acceptors (Lipinski definition) is 2. The van der Waals surface area contributed by atoms with Crippen LogP contribution in [0.2, 0.25) is 0 Å². The lowest BCUT2D eigenvalue weighted by atomic mass is 9.98. The summed E-state index contributed by atoms with van der Waals surface area (Å²) in [4.78, 5) is 22.7. The minimum Gasteiger partial charge on any atom is -0.288 e. The zero-order chi connectivity index (χ0) is 9.46. The van der Waals surface area contributed by atoms with E-state index in [1.807, 2.05) is 0 Å². The molecule has 0 aromatic heterocycles. The molecule has 0 bridgehead atoms. The highest BCUT2D eigenvalue weighted by atomic mass is 79.9. The molecule has 0 N–H and O–H groups in total. The van der Waals surface area contributed by atoms with Crippen molar-refractivity contribution in [3.05, 3.63) is 20.1 Å². The Hall–Kier alpha value is -0.220. The second-order valence-electron chi connectivity index (χ2n) is 2.54. The molecule has 1 rings (SSSR count). The van der Waals surface area contributed by atoms with E-state index < -0.39 is 0 Å². The first-order valence-electron chi connectivity index (χ1n) is 3.29. The molecule has 0 fully saturated rings. The van der Waals surface area contributed by atoms with Crippen LogP contribution in [0.1, 0.15) is 13.8 Å².